The van der Waals surface area contributed by atoms with Crippen molar-refractivity contribution in [1.29, 1.82) is 0 Å². The van der Waals surface area contributed by atoms with Crippen LogP contribution in [-0.4, -0.2) is 24.7 Å². The Labute approximate surface area is 268 Å². The Kier molecular flexibility index (Phi) is 16.1. The van der Waals surface area contributed by atoms with E-state index in [1.165, 1.54) is 0 Å². The predicted molar refractivity (Wildman–Crippen MR) is 158 cm³/mol. The number of rotatable bonds is 0. The lowest BCUT2D eigenvalue weighted by Gasteiger charge is -2.35. The number of halogens is 12. The molecule has 46 heavy (non-hydrogen) atoms. The zero-order valence-corrected chi connectivity index (χ0v) is 28.5. The fourth-order valence-electron chi connectivity index (χ4n) is 8.10. The molecule has 4 rings (SSSR count). The SMILES string of the molecule is CC1CC(C(F)(F)F)C[C@@H](C)C1.CC1CC(C)C(C(F)(F)F)C1.CC1CCC(C(F)(F)F)C1C.CC1CCCC(C(F)(F)F)C1C. The summed E-state index contributed by atoms with van der Waals surface area (Å²) in [5.74, 6) is -3.56. The summed E-state index contributed by atoms with van der Waals surface area (Å²) in [5, 5.41) is 0. The molecule has 4 aliphatic carbocycles. The van der Waals surface area contributed by atoms with E-state index >= 15 is 0 Å². The summed E-state index contributed by atoms with van der Waals surface area (Å²) < 4.78 is 147. The molecule has 0 aromatic heterocycles. The quantitative estimate of drug-likeness (QED) is 0.222. The van der Waals surface area contributed by atoms with Crippen molar-refractivity contribution in [2.75, 3.05) is 0 Å². The number of hydrogen-bond acceptors (Lipinski definition) is 0. The Balaban J connectivity index is 0.000000307. The molecule has 0 aromatic rings. The van der Waals surface area contributed by atoms with Gasteiger partial charge in [-0.25, -0.2) is 0 Å². The Bertz CT molecular complexity index is 836. The maximum Gasteiger partial charge on any atom is 0.392 e. The summed E-state index contributed by atoms with van der Waals surface area (Å²) in [4.78, 5) is 0. The second-order valence-electron chi connectivity index (χ2n) is 15.3. The summed E-state index contributed by atoms with van der Waals surface area (Å²) in [6, 6.07) is 0. The maximum absolute atomic E-state index is 12.4. The molecule has 12 atom stereocenters. The average molecular weight is 693 g/mol. The van der Waals surface area contributed by atoms with Crippen molar-refractivity contribution in [3.8, 4) is 0 Å². The second kappa shape index (κ2) is 17.2. The molecular weight excluding hydrogens is 636 g/mol. The zero-order chi connectivity index (χ0) is 36.0. The van der Waals surface area contributed by atoms with E-state index in [0.29, 0.717) is 32.1 Å². The predicted octanol–water partition coefficient (Wildman–Crippen LogP) is 13.7. The van der Waals surface area contributed by atoms with Gasteiger partial charge in [0.15, 0.2) is 0 Å². The van der Waals surface area contributed by atoms with Gasteiger partial charge in [-0.1, -0.05) is 68.2 Å². The van der Waals surface area contributed by atoms with Gasteiger partial charge >= 0.3 is 24.7 Å². The summed E-state index contributed by atoms with van der Waals surface area (Å²) in [5.41, 5.74) is 0. The third-order valence-electron chi connectivity index (χ3n) is 11.2. The van der Waals surface area contributed by atoms with Gasteiger partial charge in [0.05, 0.1) is 23.7 Å². The highest BCUT2D eigenvalue weighted by Crippen LogP contribution is 2.47. The van der Waals surface area contributed by atoms with E-state index in [9.17, 15) is 52.7 Å². The van der Waals surface area contributed by atoms with Crippen LogP contribution in [0.3, 0.4) is 0 Å². The fraction of sp³-hybridized carbons (Fsp3) is 1.00. The van der Waals surface area contributed by atoms with E-state index in [1.54, 1.807) is 20.8 Å². The van der Waals surface area contributed by atoms with Crippen molar-refractivity contribution in [1.82, 2.24) is 0 Å². The van der Waals surface area contributed by atoms with Crippen LogP contribution in [0.2, 0.25) is 0 Å². The van der Waals surface area contributed by atoms with Crippen LogP contribution in [-0.2, 0) is 0 Å². The number of alkyl halides is 12. The minimum absolute atomic E-state index is 0.176. The van der Waals surface area contributed by atoms with Crippen LogP contribution in [0.1, 0.15) is 120 Å². The van der Waals surface area contributed by atoms with Crippen molar-refractivity contribution in [3.05, 3.63) is 0 Å². The molecule has 0 amide bonds. The average Bonchev–Trinajstić information content (AvgIpc) is 3.40. The summed E-state index contributed by atoms with van der Waals surface area (Å²) in [6.07, 6.45) is -10.2. The van der Waals surface area contributed by atoms with Crippen LogP contribution in [0.25, 0.3) is 0 Å². The van der Waals surface area contributed by atoms with Crippen molar-refractivity contribution in [2.24, 2.45) is 71.0 Å². The summed E-state index contributed by atoms with van der Waals surface area (Å²) >= 11 is 0. The van der Waals surface area contributed by atoms with Crippen molar-refractivity contribution < 1.29 is 52.7 Å². The van der Waals surface area contributed by atoms with Gasteiger partial charge < -0.3 is 0 Å². The van der Waals surface area contributed by atoms with E-state index in [-0.39, 0.29) is 47.3 Å². The number of hydrogen-bond donors (Lipinski definition) is 0. The lowest BCUT2D eigenvalue weighted by Crippen LogP contribution is -2.35. The van der Waals surface area contributed by atoms with Gasteiger partial charge in [0, 0.05) is 0 Å². The van der Waals surface area contributed by atoms with Crippen molar-refractivity contribution >= 4 is 0 Å². The minimum atomic E-state index is -3.98. The first-order valence-electron chi connectivity index (χ1n) is 16.9. The van der Waals surface area contributed by atoms with Gasteiger partial charge in [-0.2, -0.15) is 52.7 Å². The van der Waals surface area contributed by atoms with Crippen molar-refractivity contribution in [2.45, 2.75) is 144 Å². The smallest absolute Gasteiger partial charge is 0.171 e. The lowest BCUT2D eigenvalue weighted by atomic mass is 9.73. The van der Waals surface area contributed by atoms with Gasteiger partial charge in [0.1, 0.15) is 0 Å². The van der Waals surface area contributed by atoms with E-state index in [1.807, 2.05) is 34.6 Å². The summed E-state index contributed by atoms with van der Waals surface area (Å²) in [7, 11) is 0. The van der Waals surface area contributed by atoms with E-state index < -0.39 is 48.4 Å². The van der Waals surface area contributed by atoms with Crippen LogP contribution < -0.4 is 0 Å². The third kappa shape index (κ3) is 13.9. The Morgan fingerprint density at radius 2 is 0.739 bits per heavy atom. The first-order chi connectivity index (χ1) is 20.7. The first kappa shape index (κ1) is 43.2. The van der Waals surface area contributed by atoms with Gasteiger partial charge in [0.2, 0.25) is 0 Å². The fourth-order valence-corrected chi connectivity index (χ4v) is 8.10. The van der Waals surface area contributed by atoms with Gasteiger partial charge in [0.25, 0.3) is 0 Å². The van der Waals surface area contributed by atoms with Crippen LogP contribution in [0.4, 0.5) is 52.7 Å². The van der Waals surface area contributed by atoms with Gasteiger partial charge in [-0.3, -0.25) is 0 Å². The lowest BCUT2D eigenvalue weighted by molar-refractivity contribution is -0.199. The molecule has 276 valence electrons. The Morgan fingerprint density at radius 3 is 1.02 bits per heavy atom. The Morgan fingerprint density at radius 1 is 0.348 bits per heavy atom. The van der Waals surface area contributed by atoms with Crippen LogP contribution in [0, 0.1) is 71.0 Å². The molecule has 0 heterocycles. The largest absolute Gasteiger partial charge is 0.392 e. The first-order valence-corrected chi connectivity index (χ1v) is 16.9. The highest BCUT2D eigenvalue weighted by atomic mass is 19.4. The highest BCUT2D eigenvalue weighted by molar-refractivity contribution is 4.85. The molecule has 0 N–H and O–H groups in total. The normalized spacial score (nSPS) is 38.9. The minimum Gasteiger partial charge on any atom is -0.171 e. The van der Waals surface area contributed by atoms with E-state index in [0.717, 1.165) is 32.1 Å². The molecule has 0 saturated heterocycles. The van der Waals surface area contributed by atoms with Gasteiger partial charge in [-0.05, 0) is 98.7 Å². The molecule has 0 nitrogen and oxygen atoms in total. The molecular formula is C34H56F12. The Hall–Kier alpha value is -0.840. The zero-order valence-electron chi connectivity index (χ0n) is 28.5. The van der Waals surface area contributed by atoms with Crippen LogP contribution in [0.5, 0.6) is 0 Å². The molecule has 4 aliphatic rings. The topological polar surface area (TPSA) is 0 Å². The van der Waals surface area contributed by atoms with E-state index in [4.69, 9.17) is 0 Å². The molecule has 0 aliphatic heterocycles. The standard InChI is InChI=1S/2C9H15F3.2C8H13F3/c1-6-3-7(2)5-8(4-6)9(10,11)12;1-6-4-3-5-8(7(6)2)9(10,11)12;1-5-3-6(2)7(4-5)8(9,10)11;1-5-3-4-7(6(5)2)8(9,10)11/h2*6-8H,3-5H2,1-2H3;2*5-7H,3-4H2,1-2H3/t6-,7?,8?;;;/m0.../s1. The molecule has 0 radical (unpaired) electrons. The molecule has 12 heteroatoms. The molecule has 0 spiro atoms. The molecule has 11 unspecified atom stereocenters. The third-order valence-corrected chi connectivity index (χ3v) is 11.2. The van der Waals surface area contributed by atoms with Crippen LogP contribution in [0.15, 0.2) is 0 Å². The van der Waals surface area contributed by atoms with Crippen LogP contribution >= 0.6 is 0 Å². The molecule has 0 bridgehead atoms. The van der Waals surface area contributed by atoms with E-state index in [2.05, 4.69) is 0 Å². The molecule has 4 saturated carbocycles. The monoisotopic (exact) mass is 692 g/mol. The second-order valence-corrected chi connectivity index (χ2v) is 15.3. The molecule has 4 fully saturated rings. The summed E-state index contributed by atoms with van der Waals surface area (Å²) in [6.45, 7) is 14.7. The maximum atomic E-state index is 12.4. The highest BCUT2D eigenvalue weighted by Gasteiger charge is 2.49. The van der Waals surface area contributed by atoms with Gasteiger partial charge in [-0.15, -0.1) is 0 Å². The van der Waals surface area contributed by atoms with Crippen molar-refractivity contribution in [3.63, 3.8) is 0 Å². The molecule has 0 aromatic carbocycles.